The van der Waals surface area contributed by atoms with Gasteiger partial charge < -0.3 is 24.4 Å². The zero-order chi connectivity index (χ0) is 22.6. The molecule has 1 aliphatic rings. The Balaban J connectivity index is 1.83. The Morgan fingerprint density at radius 1 is 0.935 bits per heavy atom. The predicted octanol–water partition coefficient (Wildman–Crippen LogP) is 1.90. The van der Waals surface area contributed by atoms with Crippen molar-refractivity contribution >= 4 is 21.6 Å². The van der Waals surface area contributed by atoms with E-state index in [1.165, 1.54) is 49.9 Å². The van der Waals surface area contributed by atoms with Crippen LogP contribution in [0.3, 0.4) is 0 Å². The molecule has 1 saturated heterocycles. The van der Waals surface area contributed by atoms with Crippen molar-refractivity contribution in [2.75, 3.05) is 59.9 Å². The second kappa shape index (κ2) is 9.54. The lowest BCUT2D eigenvalue weighted by atomic mass is 10.1. The molecule has 1 aliphatic heterocycles. The first kappa shape index (κ1) is 22.9. The summed E-state index contributed by atoms with van der Waals surface area (Å²) in [5.74, 6) is 0.631. The smallest absolute Gasteiger partial charge is 0.255 e. The van der Waals surface area contributed by atoms with E-state index in [2.05, 4.69) is 10.2 Å². The van der Waals surface area contributed by atoms with Crippen molar-refractivity contribution in [3.63, 3.8) is 0 Å². The molecule has 0 spiro atoms. The van der Waals surface area contributed by atoms with Gasteiger partial charge in [0.05, 0.1) is 26.2 Å². The van der Waals surface area contributed by atoms with E-state index in [9.17, 15) is 13.2 Å². The molecular weight excluding hydrogens is 422 g/mol. The lowest BCUT2D eigenvalue weighted by molar-refractivity contribution is 0.102. The van der Waals surface area contributed by atoms with Crippen molar-refractivity contribution in [2.45, 2.75) is 4.90 Å². The first-order valence-corrected chi connectivity index (χ1v) is 11.1. The average molecular weight is 450 g/mol. The Bertz CT molecular complexity index is 1020. The van der Waals surface area contributed by atoms with Crippen LogP contribution in [0.5, 0.6) is 17.2 Å². The van der Waals surface area contributed by atoms with Crippen LogP contribution in [0, 0.1) is 0 Å². The van der Waals surface area contributed by atoms with E-state index in [0.29, 0.717) is 49.1 Å². The summed E-state index contributed by atoms with van der Waals surface area (Å²) < 4.78 is 43.3. The number of ether oxygens (including phenoxy) is 3. The molecule has 0 unspecified atom stereocenters. The summed E-state index contributed by atoms with van der Waals surface area (Å²) in [4.78, 5) is 15.0. The number of likely N-dealkylation sites (N-methyl/N-ethyl adjacent to an activating group) is 1. The summed E-state index contributed by atoms with van der Waals surface area (Å²) in [5.41, 5.74) is 0.649. The molecule has 31 heavy (non-hydrogen) atoms. The maximum Gasteiger partial charge on any atom is 0.255 e. The normalized spacial score (nSPS) is 15.4. The molecule has 0 radical (unpaired) electrons. The second-order valence-electron chi connectivity index (χ2n) is 7.10. The highest BCUT2D eigenvalue weighted by atomic mass is 32.2. The monoisotopic (exact) mass is 449 g/mol. The van der Waals surface area contributed by atoms with Gasteiger partial charge in [0.1, 0.15) is 0 Å². The molecule has 2 aromatic carbocycles. The van der Waals surface area contributed by atoms with Gasteiger partial charge in [0.15, 0.2) is 11.5 Å². The quantitative estimate of drug-likeness (QED) is 0.690. The van der Waals surface area contributed by atoms with E-state index in [-0.39, 0.29) is 10.5 Å². The fraction of sp³-hybridized carbons (Fsp3) is 0.381. The zero-order valence-electron chi connectivity index (χ0n) is 18.0. The van der Waals surface area contributed by atoms with Crippen LogP contribution in [0.15, 0.2) is 41.3 Å². The number of piperazine rings is 1. The average Bonchev–Trinajstić information content (AvgIpc) is 2.78. The third-order valence-electron chi connectivity index (χ3n) is 5.12. The van der Waals surface area contributed by atoms with Crippen LogP contribution in [0.2, 0.25) is 0 Å². The molecule has 10 heteroatoms. The van der Waals surface area contributed by atoms with Gasteiger partial charge in [-0.1, -0.05) is 6.07 Å². The van der Waals surface area contributed by atoms with Gasteiger partial charge in [0.2, 0.25) is 15.8 Å². The number of benzene rings is 2. The number of sulfonamides is 1. The van der Waals surface area contributed by atoms with Gasteiger partial charge in [0, 0.05) is 37.4 Å². The second-order valence-corrected chi connectivity index (χ2v) is 9.04. The van der Waals surface area contributed by atoms with Gasteiger partial charge in [-0.05, 0) is 37.4 Å². The van der Waals surface area contributed by atoms with Crippen molar-refractivity contribution in [2.24, 2.45) is 0 Å². The molecular formula is C21H27N3O6S. The third kappa shape index (κ3) is 4.92. The maximum atomic E-state index is 13.0. The minimum absolute atomic E-state index is 0.139. The Hall–Kier alpha value is -2.82. The van der Waals surface area contributed by atoms with E-state index < -0.39 is 15.9 Å². The summed E-state index contributed by atoms with van der Waals surface area (Å²) in [6, 6.07) is 9.29. The lowest BCUT2D eigenvalue weighted by Gasteiger charge is -2.31. The summed E-state index contributed by atoms with van der Waals surface area (Å²) in [7, 11) is 2.73. The van der Waals surface area contributed by atoms with E-state index in [0.717, 1.165) is 0 Å². The van der Waals surface area contributed by atoms with Crippen LogP contribution in [-0.2, 0) is 10.0 Å². The fourth-order valence-corrected chi connectivity index (χ4v) is 4.80. The largest absolute Gasteiger partial charge is 0.493 e. The summed E-state index contributed by atoms with van der Waals surface area (Å²) in [6.45, 7) is 2.22. The Morgan fingerprint density at radius 3 is 2.10 bits per heavy atom. The van der Waals surface area contributed by atoms with Gasteiger partial charge in [-0.2, -0.15) is 4.31 Å². The Kier molecular flexibility index (Phi) is 7.04. The molecule has 1 fully saturated rings. The molecule has 0 atom stereocenters. The molecule has 1 amide bonds. The first-order valence-electron chi connectivity index (χ1n) is 9.70. The molecule has 2 aromatic rings. The molecule has 1 heterocycles. The van der Waals surface area contributed by atoms with Crippen LogP contribution in [0.4, 0.5) is 5.69 Å². The fourth-order valence-electron chi connectivity index (χ4n) is 3.33. The number of nitrogens with one attached hydrogen (secondary N) is 1. The minimum atomic E-state index is -3.64. The van der Waals surface area contributed by atoms with Gasteiger partial charge >= 0.3 is 0 Å². The van der Waals surface area contributed by atoms with E-state index in [1.54, 1.807) is 12.1 Å². The summed E-state index contributed by atoms with van der Waals surface area (Å²) in [6.07, 6.45) is 0. The zero-order valence-corrected chi connectivity index (χ0v) is 18.9. The standard InChI is InChI=1S/C21H27N3O6S/c1-23-8-10-24(11-9-23)31(26,27)17-7-5-6-16(14-17)22-21(25)15-12-18(28-2)20(30-4)19(13-15)29-3/h5-7,12-14H,8-11H2,1-4H3,(H,22,25). The highest BCUT2D eigenvalue weighted by Gasteiger charge is 2.27. The predicted molar refractivity (Wildman–Crippen MR) is 117 cm³/mol. The summed E-state index contributed by atoms with van der Waals surface area (Å²) >= 11 is 0. The van der Waals surface area contributed by atoms with Crippen LogP contribution >= 0.6 is 0 Å². The number of nitrogens with zero attached hydrogens (tertiary/aromatic N) is 2. The number of methoxy groups -OCH3 is 3. The topological polar surface area (TPSA) is 97.4 Å². The number of hydrogen-bond acceptors (Lipinski definition) is 7. The number of hydrogen-bond donors (Lipinski definition) is 1. The van der Waals surface area contributed by atoms with Crippen molar-refractivity contribution in [3.05, 3.63) is 42.0 Å². The number of carbonyl (C=O) groups is 1. The molecule has 0 bridgehead atoms. The third-order valence-corrected chi connectivity index (χ3v) is 7.01. The van der Waals surface area contributed by atoms with Crippen molar-refractivity contribution < 1.29 is 27.4 Å². The Labute approximate surface area is 182 Å². The molecule has 168 valence electrons. The molecule has 0 aliphatic carbocycles. The van der Waals surface area contributed by atoms with Crippen molar-refractivity contribution in [3.8, 4) is 17.2 Å². The van der Waals surface area contributed by atoms with Gasteiger partial charge in [0.25, 0.3) is 5.91 Å². The molecule has 0 saturated carbocycles. The van der Waals surface area contributed by atoms with E-state index in [4.69, 9.17) is 14.2 Å². The minimum Gasteiger partial charge on any atom is -0.493 e. The van der Waals surface area contributed by atoms with Gasteiger partial charge in [-0.25, -0.2) is 8.42 Å². The van der Waals surface area contributed by atoms with Crippen molar-refractivity contribution in [1.82, 2.24) is 9.21 Å². The summed E-state index contributed by atoms with van der Waals surface area (Å²) in [5, 5.41) is 2.74. The maximum absolute atomic E-state index is 13.0. The van der Waals surface area contributed by atoms with Crippen LogP contribution < -0.4 is 19.5 Å². The Morgan fingerprint density at radius 2 is 1.55 bits per heavy atom. The van der Waals surface area contributed by atoms with E-state index >= 15 is 0 Å². The molecule has 1 N–H and O–H groups in total. The van der Waals surface area contributed by atoms with Crippen LogP contribution in [0.1, 0.15) is 10.4 Å². The van der Waals surface area contributed by atoms with Gasteiger partial charge in [-0.3, -0.25) is 4.79 Å². The highest BCUT2D eigenvalue weighted by molar-refractivity contribution is 7.89. The van der Waals surface area contributed by atoms with Crippen LogP contribution in [-0.4, -0.2) is 78.1 Å². The first-order chi connectivity index (χ1) is 14.8. The number of anilines is 1. The van der Waals surface area contributed by atoms with Crippen LogP contribution in [0.25, 0.3) is 0 Å². The molecule has 3 rings (SSSR count). The van der Waals surface area contributed by atoms with Crippen molar-refractivity contribution in [1.29, 1.82) is 0 Å². The number of amides is 1. The van der Waals surface area contributed by atoms with Gasteiger partial charge in [-0.15, -0.1) is 0 Å². The number of rotatable bonds is 7. The SMILES string of the molecule is COc1cc(C(=O)Nc2cccc(S(=O)(=O)N3CCN(C)CC3)c2)cc(OC)c1OC. The number of carbonyl (C=O) groups excluding carboxylic acids is 1. The van der Waals surface area contributed by atoms with E-state index in [1.807, 2.05) is 7.05 Å². The molecule has 9 nitrogen and oxygen atoms in total. The molecule has 0 aromatic heterocycles. The lowest BCUT2D eigenvalue weighted by Crippen LogP contribution is -2.47. The highest BCUT2D eigenvalue weighted by Crippen LogP contribution is 2.38.